The molecule has 0 aliphatic heterocycles. The summed E-state index contributed by atoms with van der Waals surface area (Å²) in [6.07, 6.45) is 4.46. The summed E-state index contributed by atoms with van der Waals surface area (Å²) in [7, 11) is 1.62. The van der Waals surface area contributed by atoms with Gasteiger partial charge in [-0.2, -0.15) is 0 Å². The number of nitrogens with one attached hydrogen (secondary N) is 2. The highest BCUT2D eigenvalue weighted by Crippen LogP contribution is 2.30. The smallest absolute Gasteiger partial charge is 0.319 e. The first-order valence-corrected chi connectivity index (χ1v) is 10.2. The molecule has 0 radical (unpaired) electrons. The zero-order chi connectivity index (χ0) is 19.6. The van der Waals surface area contributed by atoms with E-state index >= 15 is 0 Å². The van der Waals surface area contributed by atoms with Crippen molar-refractivity contribution < 1.29 is 14.3 Å². The fourth-order valence-corrected chi connectivity index (χ4v) is 3.45. The van der Waals surface area contributed by atoms with Gasteiger partial charge in [0.25, 0.3) is 0 Å². The van der Waals surface area contributed by atoms with E-state index in [1.165, 1.54) is 12.8 Å². The molecule has 0 bridgehead atoms. The van der Waals surface area contributed by atoms with Gasteiger partial charge >= 0.3 is 6.03 Å². The van der Waals surface area contributed by atoms with Gasteiger partial charge in [-0.3, -0.25) is 0 Å². The lowest BCUT2D eigenvalue weighted by Gasteiger charge is -2.27. The highest BCUT2D eigenvalue weighted by Gasteiger charge is 2.20. The molecule has 1 aromatic rings. The second-order valence-electron chi connectivity index (χ2n) is 7.30. The van der Waals surface area contributed by atoms with Crippen LogP contribution in [0.4, 0.5) is 10.5 Å². The molecule has 6 heteroatoms. The molecule has 0 aromatic heterocycles. The number of benzene rings is 1. The van der Waals surface area contributed by atoms with Gasteiger partial charge in [-0.1, -0.05) is 20.8 Å². The van der Waals surface area contributed by atoms with Crippen molar-refractivity contribution in [2.45, 2.75) is 52.5 Å². The van der Waals surface area contributed by atoms with Crippen LogP contribution in [0.25, 0.3) is 0 Å². The molecule has 1 aliphatic carbocycles. The lowest BCUT2D eigenvalue weighted by atomic mass is 9.87. The number of urea groups is 1. The highest BCUT2D eigenvalue weighted by atomic mass is 16.5. The summed E-state index contributed by atoms with van der Waals surface area (Å²) in [6, 6.07) is 5.59. The van der Waals surface area contributed by atoms with E-state index in [1.807, 2.05) is 18.2 Å². The predicted molar refractivity (Wildman–Crippen MR) is 110 cm³/mol. The standard InChI is InChI=1S/C21H35N3O3/c1-5-24(6-2)13-14-27-20-15-18(11-12-19(20)26-4)23-21(25)22-17-9-7-16(3)8-10-17/h11-12,15-17H,5-10,13-14H2,1-4H3,(H2,22,23,25). The van der Waals surface area contributed by atoms with Crippen LogP contribution in [0.3, 0.4) is 0 Å². The number of carbonyl (C=O) groups excluding carboxylic acids is 1. The van der Waals surface area contributed by atoms with Crippen LogP contribution in [0.1, 0.15) is 46.5 Å². The summed E-state index contributed by atoms with van der Waals surface area (Å²) >= 11 is 0. The van der Waals surface area contributed by atoms with Crippen molar-refractivity contribution in [3.63, 3.8) is 0 Å². The van der Waals surface area contributed by atoms with Crippen molar-refractivity contribution in [3.8, 4) is 11.5 Å². The van der Waals surface area contributed by atoms with Gasteiger partial charge in [0.2, 0.25) is 0 Å². The predicted octanol–water partition coefficient (Wildman–Crippen LogP) is 4.12. The van der Waals surface area contributed by atoms with E-state index in [1.54, 1.807) is 7.11 Å². The van der Waals surface area contributed by atoms with Gasteiger partial charge in [0, 0.05) is 24.3 Å². The minimum Gasteiger partial charge on any atom is -0.493 e. The third-order valence-electron chi connectivity index (χ3n) is 5.33. The molecule has 1 saturated carbocycles. The maximum Gasteiger partial charge on any atom is 0.319 e. The number of likely N-dealkylation sites (N-methyl/N-ethyl adjacent to an activating group) is 1. The molecule has 0 saturated heterocycles. The lowest BCUT2D eigenvalue weighted by Crippen LogP contribution is -2.39. The number of carbonyl (C=O) groups is 1. The number of methoxy groups -OCH3 is 1. The van der Waals surface area contributed by atoms with Crippen LogP contribution in [0.15, 0.2) is 18.2 Å². The Kier molecular flexibility index (Phi) is 8.72. The second-order valence-corrected chi connectivity index (χ2v) is 7.30. The molecule has 1 fully saturated rings. The Morgan fingerprint density at radius 2 is 1.85 bits per heavy atom. The Labute approximate surface area is 163 Å². The van der Waals surface area contributed by atoms with Crippen molar-refractivity contribution in [2.75, 3.05) is 38.7 Å². The maximum absolute atomic E-state index is 12.3. The molecule has 1 aliphatic rings. The summed E-state index contributed by atoms with van der Waals surface area (Å²) < 4.78 is 11.3. The average molecular weight is 378 g/mol. The molecule has 2 amide bonds. The molecule has 0 atom stereocenters. The van der Waals surface area contributed by atoms with Crippen molar-refractivity contribution in [3.05, 3.63) is 18.2 Å². The van der Waals surface area contributed by atoms with Crippen molar-refractivity contribution in [1.29, 1.82) is 0 Å². The van der Waals surface area contributed by atoms with Crippen LogP contribution in [0.2, 0.25) is 0 Å². The van der Waals surface area contributed by atoms with Gasteiger partial charge in [0.1, 0.15) is 6.61 Å². The summed E-state index contributed by atoms with van der Waals surface area (Å²) in [5.41, 5.74) is 0.704. The Balaban J connectivity index is 1.89. The fourth-order valence-electron chi connectivity index (χ4n) is 3.45. The molecular formula is C21H35N3O3. The minimum atomic E-state index is -0.159. The quantitative estimate of drug-likeness (QED) is 0.680. The van der Waals surface area contributed by atoms with Crippen LogP contribution in [-0.2, 0) is 0 Å². The highest BCUT2D eigenvalue weighted by molar-refractivity contribution is 5.89. The molecule has 0 spiro atoms. The Hall–Kier alpha value is -1.95. The number of anilines is 1. The van der Waals surface area contributed by atoms with E-state index in [-0.39, 0.29) is 12.1 Å². The fraction of sp³-hybridized carbons (Fsp3) is 0.667. The van der Waals surface area contributed by atoms with E-state index in [0.717, 1.165) is 38.4 Å². The molecule has 2 rings (SSSR count). The van der Waals surface area contributed by atoms with E-state index in [4.69, 9.17) is 9.47 Å². The maximum atomic E-state index is 12.3. The Morgan fingerprint density at radius 1 is 1.15 bits per heavy atom. The number of hydrogen-bond acceptors (Lipinski definition) is 4. The largest absolute Gasteiger partial charge is 0.493 e. The lowest BCUT2D eigenvalue weighted by molar-refractivity contribution is 0.217. The topological polar surface area (TPSA) is 62.8 Å². The summed E-state index contributed by atoms with van der Waals surface area (Å²) in [4.78, 5) is 14.6. The Bertz CT molecular complexity index is 582. The molecule has 2 N–H and O–H groups in total. The van der Waals surface area contributed by atoms with Crippen molar-refractivity contribution >= 4 is 11.7 Å². The van der Waals surface area contributed by atoms with Gasteiger partial charge in [-0.25, -0.2) is 4.79 Å². The molecule has 27 heavy (non-hydrogen) atoms. The molecule has 0 unspecified atom stereocenters. The zero-order valence-corrected chi connectivity index (χ0v) is 17.2. The summed E-state index contributed by atoms with van der Waals surface area (Å²) in [5.74, 6) is 2.08. The summed E-state index contributed by atoms with van der Waals surface area (Å²) in [6.45, 7) is 9.98. The third-order valence-corrected chi connectivity index (χ3v) is 5.33. The van der Waals surface area contributed by atoms with E-state index in [0.29, 0.717) is 23.8 Å². The zero-order valence-electron chi connectivity index (χ0n) is 17.2. The number of rotatable bonds is 9. The monoisotopic (exact) mass is 377 g/mol. The van der Waals surface area contributed by atoms with Gasteiger partial charge in [0.15, 0.2) is 11.5 Å². The van der Waals surface area contributed by atoms with Crippen molar-refractivity contribution in [1.82, 2.24) is 10.2 Å². The van der Waals surface area contributed by atoms with Gasteiger partial charge in [-0.05, 0) is 56.8 Å². The Morgan fingerprint density at radius 3 is 2.48 bits per heavy atom. The minimum absolute atomic E-state index is 0.159. The number of amides is 2. The third kappa shape index (κ3) is 6.94. The van der Waals surface area contributed by atoms with Gasteiger partial charge in [-0.15, -0.1) is 0 Å². The van der Waals surface area contributed by atoms with Crippen LogP contribution in [0, 0.1) is 5.92 Å². The number of hydrogen-bond donors (Lipinski definition) is 2. The first kappa shape index (κ1) is 21.4. The first-order chi connectivity index (χ1) is 13.0. The number of nitrogens with zero attached hydrogens (tertiary/aromatic N) is 1. The summed E-state index contributed by atoms with van der Waals surface area (Å²) in [5, 5.41) is 6.00. The van der Waals surface area contributed by atoms with Crippen LogP contribution in [0.5, 0.6) is 11.5 Å². The molecule has 152 valence electrons. The number of ether oxygens (including phenoxy) is 2. The van der Waals surface area contributed by atoms with Gasteiger partial charge in [0.05, 0.1) is 7.11 Å². The first-order valence-electron chi connectivity index (χ1n) is 10.2. The molecule has 1 aromatic carbocycles. The van der Waals surface area contributed by atoms with Crippen LogP contribution >= 0.6 is 0 Å². The van der Waals surface area contributed by atoms with E-state index in [9.17, 15) is 4.79 Å². The second kappa shape index (κ2) is 11.0. The van der Waals surface area contributed by atoms with E-state index < -0.39 is 0 Å². The molecular weight excluding hydrogens is 342 g/mol. The van der Waals surface area contributed by atoms with E-state index in [2.05, 4.69) is 36.3 Å². The molecule has 0 heterocycles. The van der Waals surface area contributed by atoms with Gasteiger partial charge < -0.3 is 25.0 Å². The molecule has 6 nitrogen and oxygen atoms in total. The normalized spacial score (nSPS) is 19.6. The van der Waals surface area contributed by atoms with Crippen LogP contribution in [-0.4, -0.2) is 50.3 Å². The average Bonchev–Trinajstić information content (AvgIpc) is 2.67. The van der Waals surface area contributed by atoms with Crippen molar-refractivity contribution in [2.24, 2.45) is 5.92 Å². The van der Waals surface area contributed by atoms with Crippen LogP contribution < -0.4 is 20.1 Å². The SMILES string of the molecule is CCN(CC)CCOc1cc(NC(=O)NC2CCC(C)CC2)ccc1OC.